The lowest BCUT2D eigenvalue weighted by molar-refractivity contribution is 0.265. The Morgan fingerprint density at radius 1 is 1.50 bits per heavy atom. The lowest BCUT2D eigenvalue weighted by Crippen LogP contribution is -2.28. The lowest BCUT2D eigenvalue weighted by atomic mass is 10.2. The van der Waals surface area contributed by atoms with Crippen LogP contribution in [0.1, 0.15) is 12.8 Å². The zero-order valence-electron chi connectivity index (χ0n) is 7.74. The number of nitrogens with one attached hydrogen (secondary N) is 1. The molecule has 0 unspecified atom stereocenters. The maximum absolute atomic E-state index is 5.60. The monoisotopic (exact) mass is 213 g/mol. The summed E-state index contributed by atoms with van der Waals surface area (Å²) in [4.78, 5) is 0. The molecule has 2 heterocycles. The van der Waals surface area contributed by atoms with E-state index in [4.69, 9.17) is 16.3 Å². The average Bonchev–Trinajstić information content (AvgIpc) is 2.70. The largest absolute Gasteiger partial charge is 0.475 e. The minimum absolute atomic E-state index is 0.386. The maximum atomic E-state index is 5.60. The van der Waals surface area contributed by atoms with Crippen molar-refractivity contribution in [3.8, 4) is 5.88 Å². The Bertz CT molecular complexity index is 285. The second-order valence-electron chi connectivity index (χ2n) is 3.30. The summed E-state index contributed by atoms with van der Waals surface area (Å²) >= 11 is 5.60. The van der Waals surface area contributed by atoms with Crippen LogP contribution in [-0.4, -0.2) is 29.4 Å². The molecule has 1 atom stereocenters. The first-order valence-corrected chi connectivity index (χ1v) is 5.08. The van der Waals surface area contributed by atoms with Crippen molar-refractivity contribution < 1.29 is 4.74 Å². The third-order valence-corrected chi connectivity index (χ3v) is 2.40. The Morgan fingerprint density at radius 2 is 2.43 bits per heavy atom. The Morgan fingerprint density at radius 3 is 3.07 bits per heavy atom. The van der Waals surface area contributed by atoms with E-state index in [1.807, 2.05) is 0 Å². The Kier molecular flexibility index (Phi) is 3.16. The van der Waals surface area contributed by atoms with Gasteiger partial charge in [-0.1, -0.05) is 11.6 Å². The van der Waals surface area contributed by atoms with Crippen molar-refractivity contribution in [2.24, 2.45) is 0 Å². The van der Waals surface area contributed by atoms with Gasteiger partial charge in [-0.2, -0.15) is 0 Å². The van der Waals surface area contributed by atoms with Gasteiger partial charge in [-0.05, 0) is 25.5 Å². The number of halogens is 1. The Labute approximate surface area is 87.6 Å². The van der Waals surface area contributed by atoms with Crippen molar-refractivity contribution in [3.05, 3.63) is 17.3 Å². The number of ether oxygens (including phenoxy) is 1. The predicted molar refractivity (Wildman–Crippen MR) is 53.6 cm³/mol. The number of nitrogens with zero attached hydrogens (tertiary/aromatic N) is 2. The van der Waals surface area contributed by atoms with Crippen LogP contribution in [0.3, 0.4) is 0 Å². The van der Waals surface area contributed by atoms with Gasteiger partial charge in [0.15, 0.2) is 5.15 Å². The van der Waals surface area contributed by atoms with Crippen molar-refractivity contribution in [2.75, 3.05) is 13.2 Å². The zero-order valence-corrected chi connectivity index (χ0v) is 8.50. The molecule has 0 bridgehead atoms. The van der Waals surface area contributed by atoms with Crippen molar-refractivity contribution in [1.29, 1.82) is 0 Å². The molecular formula is C9H12ClN3O. The van der Waals surface area contributed by atoms with Gasteiger partial charge >= 0.3 is 0 Å². The van der Waals surface area contributed by atoms with Crippen LogP contribution in [0, 0.1) is 0 Å². The van der Waals surface area contributed by atoms with Gasteiger partial charge in [-0.15, -0.1) is 10.2 Å². The second-order valence-corrected chi connectivity index (χ2v) is 3.69. The highest BCUT2D eigenvalue weighted by molar-refractivity contribution is 6.29. The molecule has 4 nitrogen and oxygen atoms in total. The van der Waals surface area contributed by atoms with Crippen LogP contribution in [0.4, 0.5) is 0 Å². The van der Waals surface area contributed by atoms with Crippen LogP contribution < -0.4 is 10.1 Å². The molecule has 5 heteroatoms. The summed E-state index contributed by atoms with van der Waals surface area (Å²) in [6, 6.07) is 3.85. The SMILES string of the molecule is Clc1ccc(OC[C@@H]2CCCN2)nn1. The summed E-state index contributed by atoms with van der Waals surface area (Å²) in [5.74, 6) is 0.531. The molecular weight excluding hydrogens is 202 g/mol. The summed E-state index contributed by atoms with van der Waals surface area (Å²) in [7, 11) is 0. The number of aromatic nitrogens is 2. The number of rotatable bonds is 3. The molecule has 2 rings (SSSR count). The van der Waals surface area contributed by atoms with E-state index in [0.29, 0.717) is 23.7 Å². The molecule has 14 heavy (non-hydrogen) atoms. The standard InChI is InChI=1S/C9H12ClN3O/c10-8-3-4-9(13-12-8)14-6-7-2-1-5-11-7/h3-4,7,11H,1-2,5-6H2/t7-/m0/s1. The van der Waals surface area contributed by atoms with Gasteiger partial charge in [-0.3, -0.25) is 0 Å². The molecule has 0 aromatic carbocycles. The van der Waals surface area contributed by atoms with E-state index in [2.05, 4.69) is 15.5 Å². The normalized spacial score (nSPS) is 21.1. The van der Waals surface area contributed by atoms with Gasteiger partial charge in [-0.25, -0.2) is 0 Å². The smallest absolute Gasteiger partial charge is 0.233 e. The molecule has 0 amide bonds. The number of hydrogen-bond acceptors (Lipinski definition) is 4. The summed E-state index contributed by atoms with van der Waals surface area (Å²) in [5, 5.41) is 11.2. The van der Waals surface area contributed by atoms with Crippen LogP contribution in [0.15, 0.2) is 12.1 Å². The lowest BCUT2D eigenvalue weighted by Gasteiger charge is -2.10. The maximum Gasteiger partial charge on any atom is 0.233 e. The molecule has 0 radical (unpaired) electrons. The van der Waals surface area contributed by atoms with E-state index in [0.717, 1.165) is 6.54 Å². The summed E-state index contributed by atoms with van der Waals surface area (Å²) in [6.07, 6.45) is 2.39. The fourth-order valence-electron chi connectivity index (χ4n) is 1.47. The summed E-state index contributed by atoms with van der Waals surface area (Å²) in [6.45, 7) is 1.73. The van der Waals surface area contributed by atoms with Gasteiger partial charge in [0.25, 0.3) is 0 Å². The minimum Gasteiger partial charge on any atom is -0.475 e. The molecule has 76 valence electrons. The predicted octanol–water partition coefficient (Wildman–Crippen LogP) is 1.26. The van der Waals surface area contributed by atoms with Gasteiger partial charge in [0.1, 0.15) is 6.61 Å². The molecule has 1 aromatic rings. The van der Waals surface area contributed by atoms with Crippen molar-refractivity contribution in [3.63, 3.8) is 0 Å². The first-order valence-electron chi connectivity index (χ1n) is 4.70. The van der Waals surface area contributed by atoms with Crippen LogP contribution in [0.25, 0.3) is 0 Å². The van der Waals surface area contributed by atoms with Crippen LogP contribution >= 0.6 is 11.6 Å². The quantitative estimate of drug-likeness (QED) is 0.821. The molecule has 1 aromatic heterocycles. The van der Waals surface area contributed by atoms with E-state index in [1.165, 1.54) is 12.8 Å². The van der Waals surface area contributed by atoms with E-state index in [9.17, 15) is 0 Å². The van der Waals surface area contributed by atoms with E-state index >= 15 is 0 Å². The average molecular weight is 214 g/mol. The third-order valence-electron chi connectivity index (χ3n) is 2.20. The highest BCUT2D eigenvalue weighted by atomic mass is 35.5. The first kappa shape index (κ1) is 9.68. The van der Waals surface area contributed by atoms with E-state index in [-0.39, 0.29) is 0 Å². The molecule has 0 spiro atoms. The van der Waals surface area contributed by atoms with Gasteiger partial charge in [0.2, 0.25) is 5.88 Å². The van der Waals surface area contributed by atoms with Gasteiger partial charge in [0, 0.05) is 12.1 Å². The molecule has 1 N–H and O–H groups in total. The Balaban J connectivity index is 1.82. The third kappa shape index (κ3) is 2.56. The highest BCUT2D eigenvalue weighted by Crippen LogP contribution is 2.10. The van der Waals surface area contributed by atoms with Gasteiger partial charge < -0.3 is 10.1 Å². The van der Waals surface area contributed by atoms with Crippen molar-refractivity contribution in [2.45, 2.75) is 18.9 Å². The molecule has 1 aliphatic rings. The van der Waals surface area contributed by atoms with Gasteiger partial charge in [0.05, 0.1) is 0 Å². The molecule has 0 saturated carbocycles. The summed E-state index contributed by atoms with van der Waals surface area (Å²) < 4.78 is 5.45. The minimum atomic E-state index is 0.386. The Hall–Kier alpha value is -0.870. The molecule has 1 aliphatic heterocycles. The van der Waals surface area contributed by atoms with Crippen LogP contribution in [0.2, 0.25) is 5.15 Å². The van der Waals surface area contributed by atoms with Crippen LogP contribution in [-0.2, 0) is 0 Å². The molecule has 0 aliphatic carbocycles. The van der Waals surface area contributed by atoms with Crippen molar-refractivity contribution >= 4 is 11.6 Å². The summed E-state index contributed by atoms with van der Waals surface area (Å²) in [5.41, 5.74) is 0. The highest BCUT2D eigenvalue weighted by Gasteiger charge is 2.14. The molecule has 1 fully saturated rings. The number of hydrogen-bond donors (Lipinski definition) is 1. The molecule has 1 saturated heterocycles. The van der Waals surface area contributed by atoms with E-state index < -0.39 is 0 Å². The fourth-order valence-corrected chi connectivity index (χ4v) is 1.57. The van der Waals surface area contributed by atoms with Crippen molar-refractivity contribution in [1.82, 2.24) is 15.5 Å². The first-order chi connectivity index (χ1) is 6.84. The van der Waals surface area contributed by atoms with Crippen LogP contribution in [0.5, 0.6) is 5.88 Å². The van der Waals surface area contributed by atoms with E-state index in [1.54, 1.807) is 12.1 Å². The second kappa shape index (κ2) is 4.57. The fraction of sp³-hybridized carbons (Fsp3) is 0.556. The topological polar surface area (TPSA) is 47.0 Å². The zero-order chi connectivity index (χ0) is 9.80.